The summed E-state index contributed by atoms with van der Waals surface area (Å²) in [6.45, 7) is 0.493. The SMILES string of the molecule is NCc1ccc(-c2cccc(C(=O)c3cccnc3N)n2)cc1.[HH].[HH].[HH].[HH]. The Balaban J connectivity index is 0. The number of ketones is 1. The van der Waals surface area contributed by atoms with Gasteiger partial charge >= 0.3 is 0 Å². The molecule has 0 aliphatic rings. The number of pyridine rings is 2. The van der Waals surface area contributed by atoms with Crippen molar-refractivity contribution in [3.8, 4) is 11.3 Å². The molecule has 4 N–H and O–H groups in total. The number of aromatic nitrogens is 2. The first-order valence-electron chi connectivity index (χ1n) is 7.20. The van der Waals surface area contributed by atoms with Crippen LogP contribution in [0, 0.1) is 0 Å². The van der Waals surface area contributed by atoms with Crippen LogP contribution in [-0.4, -0.2) is 15.8 Å². The number of nitrogen functional groups attached to an aromatic ring is 1. The van der Waals surface area contributed by atoms with Crippen LogP contribution in [0.1, 0.15) is 27.3 Å². The van der Waals surface area contributed by atoms with Crippen LogP contribution >= 0.6 is 0 Å². The third-order valence-electron chi connectivity index (χ3n) is 3.55. The number of anilines is 1. The third-order valence-corrected chi connectivity index (χ3v) is 3.55. The van der Waals surface area contributed by atoms with Crippen LogP contribution in [0.15, 0.2) is 60.8 Å². The van der Waals surface area contributed by atoms with E-state index in [1.54, 1.807) is 30.5 Å². The fourth-order valence-corrected chi connectivity index (χ4v) is 2.28. The Morgan fingerprint density at radius 1 is 1.04 bits per heavy atom. The van der Waals surface area contributed by atoms with E-state index in [4.69, 9.17) is 11.5 Å². The van der Waals surface area contributed by atoms with Gasteiger partial charge in [-0.2, -0.15) is 0 Å². The fourth-order valence-electron chi connectivity index (χ4n) is 2.28. The van der Waals surface area contributed by atoms with Gasteiger partial charge in [0.15, 0.2) is 0 Å². The average molecular weight is 312 g/mol. The summed E-state index contributed by atoms with van der Waals surface area (Å²) in [6, 6.07) is 16.4. The average Bonchev–Trinajstić information content (AvgIpc) is 2.62. The zero-order chi connectivity index (χ0) is 16.2. The lowest BCUT2D eigenvalue weighted by Crippen LogP contribution is -2.08. The lowest BCUT2D eigenvalue weighted by atomic mass is 10.1. The summed E-state index contributed by atoms with van der Waals surface area (Å²) >= 11 is 0. The van der Waals surface area contributed by atoms with E-state index in [1.807, 2.05) is 30.3 Å². The predicted molar refractivity (Wildman–Crippen MR) is 98.1 cm³/mol. The minimum Gasteiger partial charge on any atom is -0.383 e. The highest BCUT2D eigenvalue weighted by atomic mass is 16.1. The van der Waals surface area contributed by atoms with E-state index in [-0.39, 0.29) is 17.3 Å². The van der Waals surface area contributed by atoms with Gasteiger partial charge in [-0.05, 0) is 29.8 Å². The van der Waals surface area contributed by atoms with E-state index in [1.165, 1.54) is 0 Å². The van der Waals surface area contributed by atoms with Crippen molar-refractivity contribution in [1.82, 2.24) is 9.97 Å². The summed E-state index contributed by atoms with van der Waals surface area (Å²) in [4.78, 5) is 20.9. The van der Waals surface area contributed by atoms with Gasteiger partial charge in [-0.15, -0.1) is 0 Å². The van der Waals surface area contributed by atoms with Gasteiger partial charge in [0.1, 0.15) is 11.5 Å². The Bertz CT molecular complexity index is 860. The molecule has 5 nitrogen and oxygen atoms in total. The fraction of sp³-hybridized carbons (Fsp3) is 0.0556. The molecule has 5 heteroatoms. The van der Waals surface area contributed by atoms with E-state index in [2.05, 4.69) is 9.97 Å². The Morgan fingerprint density at radius 3 is 2.52 bits per heavy atom. The number of rotatable bonds is 4. The number of hydrogen-bond acceptors (Lipinski definition) is 5. The molecule has 0 unspecified atom stereocenters. The molecule has 0 bridgehead atoms. The lowest BCUT2D eigenvalue weighted by molar-refractivity contribution is 0.103. The van der Waals surface area contributed by atoms with Gasteiger partial charge < -0.3 is 11.5 Å². The molecular formula is C18H24N4O. The van der Waals surface area contributed by atoms with Gasteiger partial charge in [0.25, 0.3) is 0 Å². The number of benzene rings is 1. The maximum absolute atomic E-state index is 12.6. The van der Waals surface area contributed by atoms with Crippen LogP contribution in [-0.2, 0) is 6.54 Å². The van der Waals surface area contributed by atoms with Crippen molar-refractivity contribution in [1.29, 1.82) is 0 Å². The molecule has 0 aliphatic carbocycles. The van der Waals surface area contributed by atoms with Gasteiger partial charge in [-0.1, -0.05) is 30.3 Å². The third kappa shape index (κ3) is 3.09. The molecule has 23 heavy (non-hydrogen) atoms. The number of carbonyl (C=O) groups excluding carboxylic acids is 1. The highest BCUT2D eigenvalue weighted by Crippen LogP contribution is 2.20. The molecule has 2 aromatic heterocycles. The Morgan fingerprint density at radius 2 is 1.83 bits per heavy atom. The molecule has 0 fully saturated rings. The van der Waals surface area contributed by atoms with Gasteiger partial charge in [0.05, 0.1) is 11.3 Å². The van der Waals surface area contributed by atoms with E-state index in [0.717, 1.165) is 16.8 Å². The van der Waals surface area contributed by atoms with Gasteiger partial charge in [0.2, 0.25) is 5.78 Å². The Kier molecular flexibility index (Phi) is 4.12. The van der Waals surface area contributed by atoms with Crippen LogP contribution in [0.5, 0.6) is 0 Å². The minimum atomic E-state index is -0.240. The molecule has 0 saturated carbocycles. The maximum Gasteiger partial charge on any atom is 0.215 e. The van der Waals surface area contributed by atoms with E-state index in [9.17, 15) is 4.79 Å². The molecule has 0 radical (unpaired) electrons. The number of carbonyl (C=O) groups is 1. The first-order chi connectivity index (χ1) is 11.2. The molecule has 122 valence electrons. The molecule has 1 aromatic carbocycles. The lowest BCUT2D eigenvalue weighted by Gasteiger charge is -2.06. The van der Waals surface area contributed by atoms with Gasteiger partial charge in [-0.3, -0.25) is 4.79 Å². The molecule has 0 amide bonds. The summed E-state index contributed by atoms with van der Waals surface area (Å²) < 4.78 is 0. The molecular weight excluding hydrogens is 288 g/mol. The standard InChI is InChI=1S/C18H16N4O.4H2/c19-11-12-6-8-13(9-7-12)15-4-1-5-16(22-15)17(23)14-3-2-10-21-18(14)20;;;;/h1-10H,11,19H2,(H2,20,21);4*1H. The summed E-state index contributed by atoms with van der Waals surface area (Å²) in [5.41, 5.74) is 14.8. The number of nitrogens with zero attached hydrogens (tertiary/aromatic N) is 2. The summed E-state index contributed by atoms with van der Waals surface area (Å²) in [6.07, 6.45) is 1.55. The van der Waals surface area contributed by atoms with Crippen LogP contribution in [0.25, 0.3) is 11.3 Å². The quantitative estimate of drug-likeness (QED) is 0.720. The normalized spacial score (nSPS) is 10.5. The van der Waals surface area contributed by atoms with Gasteiger partial charge in [0, 0.05) is 24.0 Å². The summed E-state index contributed by atoms with van der Waals surface area (Å²) in [5, 5.41) is 0. The monoisotopic (exact) mass is 312 g/mol. The van der Waals surface area contributed by atoms with Crippen molar-refractivity contribution < 1.29 is 10.5 Å². The van der Waals surface area contributed by atoms with Crippen molar-refractivity contribution in [3.05, 3.63) is 77.6 Å². The molecule has 3 rings (SSSR count). The largest absolute Gasteiger partial charge is 0.383 e. The smallest absolute Gasteiger partial charge is 0.215 e. The number of hydrogen-bond donors (Lipinski definition) is 2. The van der Waals surface area contributed by atoms with Crippen molar-refractivity contribution >= 4 is 11.6 Å². The second kappa shape index (κ2) is 6.37. The predicted octanol–water partition coefficient (Wildman–Crippen LogP) is 3.40. The first-order valence-corrected chi connectivity index (χ1v) is 7.20. The van der Waals surface area contributed by atoms with Crippen molar-refractivity contribution in [2.75, 3.05) is 5.73 Å². The second-order valence-corrected chi connectivity index (χ2v) is 5.07. The van der Waals surface area contributed by atoms with Crippen molar-refractivity contribution in [2.45, 2.75) is 6.54 Å². The molecule has 3 aromatic rings. The zero-order valence-corrected chi connectivity index (χ0v) is 12.4. The molecule has 0 aliphatic heterocycles. The van der Waals surface area contributed by atoms with E-state index >= 15 is 0 Å². The van der Waals surface area contributed by atoms with Crippen LogP contribution in [0.2, 0.25) is 0 Å². The van der Waals surface area contributed by atoms with E-state index < -0.39 is 0 Å². The van der Waals surface area contributed by atoms with E-state index in [0.29, 0.717) is 17.8 Å². The molecule has 0 saturated heterocycles. The van der Waals surface area contributed by atoms with Crippen LogP contribution in [0.4, 0.5) is 5.82 Å². The molecule has 2 heterocycles. The highest BCUT2D eigenvalue weighted by molar-refractivity contribution is 6.10. The topological polar surface area (TPSA) is 94.9 Å². The van der Waals surface area contributed by atoms with Crippen LogP contribution < -0.4 is 11.5 Å². The molecule has 0 spiro atoms. The maximum atomic E-state index is 12.6. The summed E-state index contributed by atoms with van der Waals surface area (Å²) in [5.74, 6) is -0.0342. The number of nitrogens with two attached hydrogens (primary N) is 2. The first kappa shape index (κ1) is 14.9. The minimum absolute atomic E-state index is 0. The summed E-state index contributed by atoms with van der Waals surface area (Å²) in [7, 11) is 0. The van der Waals surface area contributed by atoms with Gasteiger partial charge in [-0.25, -0.2) is 9.97 Å². The molecule has 0 atom stereocenters. The second-order valence-electron chi connectivity index (χ2n) is 5.07. The van der Waals surface area contributed by atoms with Crippen LogP contribution in [0.3, 0.4) is 0 Å². The zero-order valence-electron chi connectivity index (χ0n) is 12.4. The van der Waals surface area contributed by atoms with Crippen molar-refractivity contribution in [3.63, 3.8) is 0 Å². The Hall–Kier alpha value is -3.05. The highest BCUT2D eigenvalue weighted by Gasteiger charge is 2.14. The van der Waals surface area contributed by atoms with Crippen molar-refractivity contribution in [2.24, 2.45) is 5.73 Å². The Labute approximate surface area is 139 Å².